The number of ether oxygens (including phenoxy) is 2. The normalized spacial score (nSPS) is 14.3. The van der Waals surface area contributed by atoms with E-state index in [1.165, 1.54) is 38.5 Å². The van der Waals surface area contributed by atoms with Gasteiger partial charge in [0, 0.05) is 19.4 Å². The molecule has 0 amide bonds. The lowest BCUT2D eigenvalue weighted by Crippen LogP contribution is -2.29. The summed E-state index contributed by atoms with van der Waals surface area (Å²) in [6.07, 6.45) is 104. The van der Waals surface area contributed by atoms with Crippen LogP contribution in [0.3, 0.4) is 0 Å². The van der Waals surface area contributed by atoms with Crippen LogP contribution in [0.4, 0.5) is 0 Å². The monoisotopic (exact) mass is 1190 g/mol. The van der Waals surface area contributed by atoms with E-state index in [9.17, 15) is 19.0 Å². The Labute approximate surface area is 519 Å². The van der Waals surface area contributed by atoms with Gasteiger partial charge in [-0.1, -0.05) is 272 Å². The van der Waals surface area contributed by atoms with Gasteiger partial charge in [-0.05, 0) is 141 Å². The summed E-state index contributed by atoms with van der Waals surface area (Å²) in [5.74, 6) is -0.876. The van der Waals surface area contributed by atoms with E-state index in [1.54, 1.807) is 0 Å². The van der Waals surface area contributed by atoms with Crippen LogP contribution in [0.25, 0.3) is 0 Å². The first kappa shape index (κ1) is 79.8. The third kappa shape index (κ3) is 67.8. The van der Waals surface area contributed by atoms with Crippen molar-refractivity contribution in [3.8, 4) is 0 Å². The van der Waals surface area contributed by atoms with E-state index in [0.717, 1.165) is 154 Å². The Balaban J connectivity index is 4.02. The van der Waals surface area contributed by atoms with Gasteiger partial charge < -0.3 is 20.1 Å². The van der Waals surface area contributed by atoms with E-state index in [2.05, 4.69) is 208 Å². The molecule has 9 nitrogen and oxygen atoms in total. The van der Waals surface area contributed by atoms with Gasteiger partial charge in [-0.25, -0.2) is 4.57 Å². The van der Waals surface area contributed by atoms with Gasteiger partial charge in [0.05, 0.1) is 13.2 Å². The van der Waals surface area contributed by atoms with Crippen molar-refractivity contribution in [2.75, 3.05) is 26.4 Å². The predicted molar refractivity (Wildman–Crippen MR) is 366 cm³/mol. The number of hydrogen-bond acceptors (Lipinski definition) is 8. The Bertz CT molecular complexity index is 2090. The summed E-state index contributed by atoms with van der Waals surface area (Å²) in [6.45, 7) is 3.46. The Morgan fingerprint density at radius 2 is 0.612 bits per heavy atom. The standard InChI is InChI=1S/C75H118NO8P/c1-3-5-7-9-11-13-15-17-19-21-23-25-27-28-29-30-31-32-33-34-35-36-37-38-39-40-41-42-43-44-46-48-50-52-54-56-58-60-62-64-66-68-75(78)84-73(72-83-85(79,80)82-70-69-76)71-81-74(77)67-65-63-61-59-57-55-53-51-49-47-45-26-24-22-20-18-16-14-12-10-8-6-4-2/h5-8,11-14,17-20,23-26,28-29,31-32,34-35,37-38,40-41,43-44,47,49,53,55,73H,3-4,9-10,15-16,21-22,27,30,33,36,39,42,45-46,48,50-52,54,56-72,76H2,1-2H3,(H,79,80)/b7-5-,8-6-,13-11-,14-12-,19-17-,20-18-,25-23-,26-24-,29-28-,32-31-,35-34-,38-37-,41-40-,44-43-,49-47-,55-53-. The maximum Gasteiger partial charge on any atom is 0.472 e. The van der Waals surface area contributed by atoms with Gasteiger partial charge in [0.25, 0.3) is 0 Å². The van der Waals surface area contributed by atoms with Crippen LogP contribution in [0.15, 0.2) is 194 Å². The zero-order chi connectivity index (χ0) is 61.6. The fraction of sp³-hybridized carbons (Fsp3) is 0.547. The number of phosphoric ester groups is 1. The number of esters is 2. The molecule has 10 heteroatoms. The van der Waals surface area contributed by atoms with Crippen molar-refractivity contribution in [3.05, 3.63) is 194 Å². The number of carbonyl (C=O) groups excluding carboxylic acids is 2. The van der Waals surface area contributed by atoms with Gasteiger partial charge >= 0.3 is 19.8 Å². The highest BCUT2D eigenvalue weighted by atomic mass is 31.2. The van der Waals surface area contributed by atoms with Crippen molar-refractivity contribution in [3.63, 3.8) is 0 Å². The topological polar surface area (TPSA) is 134 Å². The molecule has 0 spiro atoms. The van der Waals surface area contributed by atoms with Crippen molar-refractivity contribution in [2.45, 2.75) is 238 Å². The van der Waals surface area contributed by atoms with E-state index >= 15 is 0 Å². The quantitative estimate of drug-likeness (QED) is 0.0264. The molecule has 0 aromatic rings. The van der Waals surface area contributed by atoms with Crippen LogP contribution in [0.2, 0.25) is 0 Å². The minimum atomic E-state index is -4.41. The highest BCUT2D eigenvalue weighted by Gasteiger charge is 2.26. The van der Waals surface area contributed by atoms with Crippen LogP contribution in [-0.4, -0.2) is 49.3 Å². The summed E-state index contributed by atoms with van der Waals surface area (Å²) in [7, 11) is -4.41. The van der Waals surface area contributed by atoms with Gasteiger partial charge in [0.15, 0.2) is 6.10 Å². The molecule has 0 saturated carbocycles. The van der Waals surface area contributed by atoms with Gasteiger partial charge in [-0.15, -0.1) is 0 Å². The van der Waals surface area contributed by atoms with Gasteiger partial charge in [0.2, 0.25) is 0 Å². The molecule has 2 atom stereocenters. The van der Waals surface area contributed by atoms with Crippen LogP contribution in [0.1, 0.15) is 232 Å². The molecule has 0 fully saturated rings. The highest BCUT2D eigenvalue weighted by Crippen LogP contribution is 2.43. The molecule has 0 aromatic carbocycles. The number of hydrogen-bond donors (Lipinski definition) is 2. The third-order valence-electron chi connectivity index (χ3n) is 13.0. The Kier molecular flexibility index (Phi) is 63.9. The molecule has 0 aliphatic rings. The molecule has 0 saturated heterocycles. The van der Waals surface area contributed by atoms with Gasteiger partial charge in [0.1, 0.15) is 6.61 Å². The SMILES string of the molecule is CC/C=C\C/C=C\C/C=C\C/C=C\C/C=C\C/C=C\C/C=C\C/C=C\C/C=C\C/C=C\CCCCCCCCCCCCC(=O)OC(COC(=O)CCCCCC/C=C\C/C=C\C/C=C\C/C=C\C/C=C\C/C=C\CC)COP(=O)(O)OCCN. The second kappa shape index (κ2) is 68.0. The largest absolute Gasteiger partial charge is 0.472 e. The van der Waals surface area contributed by atoms with Crippen molar-refractivity contribution >= 4 is 19.8 Å². The van der Waals surface area contributed by atoms with Crippen LogP contribution < -0.4 is 5.73 Å². The summed E-state index contributed by atoms with van der Waals surface area (Å²) >= 11 is 0. The molecule has 0 aliphatic heterocycles. The maximum absolute atomic E-state index is 12.7. The molecule has 0 radical (unpaired) electrons. The molecule has 0 aliphatic carbocycles. The minimum Gasteiger partial charge on any atom is -0.462 e. The first-order chi connectivity index (χ1) is 41.8. The number of rotatable bonds is 59. The molecule has 0 bridgehead atoms. The fourth-order valence-corrected chi connectivity index (χ4v) is 8.96. The summed E-state index contributed by atoms with van der Waals surface area (Å²) < 4.78 is 33.1. The molecule has 0 rings (SSSR count). The molecule has 85 heavy (non-hydrogen) atoms. The summed E-state index contributed by atoms with van der Waals surface area (Å²) in [5, 5.41) is 0. The number of allylic oxidation sites excluding steroid dienone is 32. The molecule has 2 unspecified atom stereocenters. The lowest BCUT2D eigenvalue weighted by Gasteiger charge is -2.19. The molecule has 0 aromatic heterocycles. The molecular weight excluding hydrogens is 1070 g/mol. The number of carbonyl (C=O) groups is 2. The van der Waals surface area contributed by atoms with Crippen molar-refractivity contribution in [1.29, 1.82) is 0 Å². The molecule has 3 N–H and O–H groups in total. The zero-order valence-electron chi connectivity index (χ0n) is 53.3. The Hall–Kier alpha value is -5.15. The maximum atomic E-state index is 12.7. The number of nitrogens with two attached hydrogens (primary N) is 1. The van der Waals surface area contributed by atoms with Gasteiger partial charge in [-0.2, -0.15) is 0 Å². The second-order valence-electron chi connectivity index (χ2n) is 20.9. The Morgan fingerprint density at radius 3 is 0.906 bits per heavy atom. The smallest absolute Gasteiger partial charge is 0.462 e. The summed E-state index contributed by atoms with van der Waals surface area (Å²) in [5.41, 5.74) is 5.39. The molecule has 476 valence electrons. The highest BCUT2D eigenvalue weighted by molar-refractivity contribution is 7.47. The lowest BCUT2D eigenvalue weighted by atomic mass is 10.0. The predicted octanol–water partition coefficient (Wildman–Crippen LogP) is 21.7. The fourth-order valence-electron chi connectivity index (χ4n) is 8.20. The van der Waals surface area contributed by atoms with E-state index < -0.39 is 32.5 Å². The van der Waals surface area contributed by atoms with Crippen LogP contribution >= 0.6 is 7.82 Å². The van der Waals surface area contributed by atoms with E-state index in [-0.39, 0.29) is 32.6 Å². The minimum absolute atomic E-state index is 0.0386. The van der Waals surface area contributed by atoms with Crippen LogP contribution in [-0.2, 0) is 32.7 Å². The molecular formula is C75H118NO8P. The van der Waals surface area contributed by atoms with Crippen molar-refractivity contribution in [1.82, 2.24) is 0 Å². The number of unbranched alkanes of at least 4 members (excludes halogenated alkanes) is 14. The van der Waals surface area contributed by atoms with E-state index in [0.29, 0.717) is 12.8 Å². The van der Waals surface area contributed by atoms with Crippen molar-refractivity contribution in [2.24, 2.45) is 5.73 Å². The molecule has 0 heterocycles. The first-order valence-electron chi connectivity index (χ1n) is 32.9. The lowest BCUT2D eigenvalue weighted by molar-refractivity contribution is -0.161. The summed E-state index contributed by atoms with van der Waals surface area (Å²) in [4.78, 5) is 35.3. The zero-order valence-corrected chi connectivity index (χ0v) is 54.1. The van der Waals surface area contributed by atoms with E-state index in [1.807, 2.05) is 0 Å². The van der Waals surface area contributed by atoms with Crippen LogP contribution in [0, 0.1) is 0 Å². The van der Waals surface area contributed by atoms with Crippen LogP contribution in [0.5, 0.6) is 0 Å². The Morgan fingerprint density at radius 1 is 0.353 bits per heavy atom. The van der Waals surface area contributed by atoms with Gasteiger partial charge in [-0.3, -0.25) is 18.6 Å². The van der Waals surface area contributed by atoms with E-state index in [4.69, 9.17) is 24.3 Å². The first-order valence-corrected chi connectivity index (χ1v) is 34.4. The average Bonchev–Trinajstić information content (AvgIpc) is 3.52. The second-order valence-corrected chi connectivity index (χ2v) is 22.3. The third-order valence-corrected chi connectivity index (χ3v) is 14.0. The van der Waals surface area contributed by atoms with Crippen molar-refractivity contribution < 1.29 is 37.6 Å². The average molecular weight is 1190 g/mol. The number of phosphoric acid groups is 1. The summed E-state index contributed by atoms with van der Waals surface area (Å²) in [6, 6.07) is 0.